The molecule has 2 nitrogen and oxygen atoms in total. The Morgan fingerprint density at radius 1 is 0.778 bits per heavy atom. The van der Waals surface area contributed by atoms with E-state index in [1.165, 1.54) is 0 Å². The molecule has 0 radical (unpaired) electrons. The summed E-state index contributed by atoms with van der Waals surface area (Å²) in [6, 6.07) is 18.4. The molecule has 0 N–H and O–H groups in total. The van der Waals surface area contributed by atoms with Crippen LogP contribution in [0.5, 0.6) is 0 Å². The van der Waals surface area contributed by atoms with E-state index in [-0.39, 0.29) is 0 Å². The van der Waals surface area contributed by atoms with E-state index in [0.717, 1.165) is 33.1 Å². The maximum absolute atomic E-state index is 4.37. The molecule has 2 aromatic carbocycles. The highest BCUT2D eigenvalue weighted by Gasteiger charge is 2.09. The van der Waals surface area contributed by atoms with Crippen molar-refractivity contribution in [3.8, 4) is 11.3 Å². The number of hydrogen-bond donors (Lipinski definition) is 0. The molecule has 0 saturated heterocycles. The minimum Gasteiger partial charge on any atom is -0.153 e. The molecule has 0 saturated carbocycles. The third kappa shape index (κ3) is 1.91. The van der Waals surface area contributed by atoms with Gasteiger partial charge in [0.2, 0.25) is 0 Å². The van der Waals surface area contributed by atoms with E-state index in [9.17, 15) is 0 Å². The fourth-order valence-electron chi connectivity index (χ4n) is 2.07. The van der Waals surface area contributed by atoms with E-state index in [2.05, 4.69) is 50.4 Å². The molecule has 3 heteroatoms. The summed E-state index contributed by atoms with van der Waals surface area (Å²) in [5.41, 5.74) is 3.02. The van der Waals surface area contributed by atoms with E-state index in [1.54, 1.807) is 0 Å². The van der Waals surface area contributed by atoms with Gasteiger partial charge in [0.05, 0.1) is 5.69 Å². The number of rotatable bonds is 2. The zero-order valence-electron chi connectivity index (χ0n) is 9.68. The number of alkyl halides is 1. The van der Waals surface area contributed by atoms with Crippen LogP contribution in [0.3, 0.4) is 0 Å². The average molecular weight is 299 g/mol. The first-order valence-corrected chi connectivity index (χ1v) is 6.88. The van der Waals surface area contributed by atoms with E-state index in [1.807, 2.05) is 30.3 Å². The van der Waals surface area contributed by atoms with Crippen LogP contribution in [0.1, 0.15) is 5.69 Å². The monoisotopic (exact) mass is 298 g/mol. The van der Waals surface area contributed by atoms with Gasteiger partial charge in [0, 0.05) is 21.7 Å². The Morgan fingerprint density at radius 3 is 2.17 bits per heavy atom. The van der Waals surface area contributed by atoms with E-state index >= 15 is 0 Å². The molecule has 0 atom stereocenters. The molecule has 3 aromatic rings. The molecular formula is C15H11BrN2. The van der Waals surface area contributed by atoms with Crippen LogP contribution in [-0.4, -0.2) is 10.2 Å². The summed E-state index contributed by atoms with van der Waals surface area (Å²) in [4.78, 5) is 0. The topological polar surface area (TPSA) is 25.8 Å². The van der Waals surface area contributed by atoms with Crippen LogP contribution in [0, 0.1) is 0 Å². The number of hydrogen-bond acceptors (Lipinski definition) is 2. The highest BCUT2D eigenvalue weighted by Crippen LogP contribution is 2.27. The highest BCUT2D eigenvalue weighted by molar-refractivity contribution is 9.08. The zero-order valence-corrected chi connectivity index (χ0v) is 11.3. The standard InChI is InChI=1S/C15H11BrN2/c16-10-14-12-8-4-5-9-13(12)15(18-17-14)11-6-2-1-3-7-11/h1-9H,10H2. The van der Waals surface area contributed by atoms with Crippen molar-refractivity contribution >= 4 is 26.7 Å². The van der Waals surface area contributed by atoms with Crippen molar-refractivity contribution in [3.05, 3.63) is 60.3 Å². The molecule has 0 amide bonds. The van der Waals surface area contributed by atoms with Crippen LogP contribution in [0.2, 0.25) is 0 Å². The molecule has 1 heterocycles. The van der Waals surface area contributed by atoms with Gasteiger partial charge < -0.3 is 0 Å². The van der Waals surface area contributed by atoms with Crippen LogP contribution < -0.4 is 0 Å². The smallest absolute Gasteiger partial charge is 0.101 e. The van der Waals surface area contributed by atoms with Crippen molar-refractivity contribution < 1.29 is 0 Å². The predicted molar refractivity (Wildman–Crippen MR) is 77.6 cm³/mol. The lowest BCUT2D eigenvalue weighted by molar-refractivity contribution is 1.00. The lowest BCUT2D eigenvalue weighted by Crippen LogP contribution is -1.95. The average Bonchev–Trinajstić information content (AvgIpc) is 2.47. The van der Waals surface area contributed by atoms with Gasteiger partial charge in [-0.25, -0.2) is 0 Å². The van der Waals surface area contributed by atoms with Gasteiger partial charge in [-0.05, 0) is 0 Å². The minimum absolute atomic E-state index is 0.718. The Kier molecular flexibility index (Phi) is 3.07. The fraction of sp³-hybridized carbons (Fsp3) is 0.0667. The fourth-order valence-corrected chi connectivity index (χ4v) is 2.48. The van der Waals surface area contributed by atoms with E-state index in [0.29, 0.717) is 0 Å². The van der Waals surface area contributed by atoms with Crippen molar-refractivity contribution in [2.45, 2.75) is 5.33 Å². The first-order valence-electron chi connectivity index (χ1n) is 5.76. The van der Waals surface area contributed by atoms with Crippen LogP contribution in [0.15, 0.2) is 54.6 Å². The maximum Gasteiger partial charge on any atom is 0.101 e. The van der Waals surface area contributed by atoms with Gasteiger partial charge in [0.1, 0.15) is 5.69 Å². The highest BCUT2D eigenvalue weighted by atomic mass is 79.9. The predicted octanol–water partition coefficient (Wildman–Crippen LogP) is 4.19. The van der Waals surface area contributed by atoms with Gasteiger partial charge in [-0.1, -0.05) is 70.5 Å². The molecule has 1 aromatic heterocycles. The summed E-state index contributed by atoms with van der Waals surface area (Å²) in [7, 11) is 0. The van der Waals surface area contributed by atoms with Crippen LogP contribution >= 0.6 is 15.9 Å². The molecule has 0 fully saturated rings. The van der Waals surface area contributed by atoms with Crippen molar-refractivity contribution in [1.82, 2.24) is 10.2 Å². The molecule has 88 valence electrons. The molecule has 0 unspecified atom stereocenters. The van der Waals surface area contributed by atoms with Gasteiger partial charge in [0.25, 0.3) is 0 Å². The molecule has 0 bridgehead atoms. The zero-order chi connectivity index (χ0) is 12.4. The minimum atomic E-state index is 0.718. The van der Waals surface area contributed by atoms with Crippen LogP contribution in [0.25, 0.3) is 22.0 Å². The van der Waals surface area contributed by atoms with Gasteiger partial charge in [0.15, 0.2) is 0 Å². The van der Waals surface area contributed by atoms with Crippen LogP contribution in [0.4, 0.5) is 0 Å². The first kappa shape index (κ1) is 11.4. The second-order valence-electron chi connectivity index (χ2n) is 4.04. The second kappa shape index (κ2) is 4.86. The second-order valence-corrected chi connectivity index (χ2v) is 4.60. The van der Waals surface area contributed by atoms with Crippen molar-refractivity contribution in [3.63, 3.8) is 0 Å². The summed E-state index contributed by atoms with van der Waals surface area (Å²) in [6.45, 7) is 0. The quantitative estimate of drug-likeness (QED) is 0.663. The van der Waals surface area contributed by atoms with Gasteiger partial charge in [-0.2, -0.15) is 5.10 Å². The number of halogens is 1. The largest absolute Gasteiger partial charge is 0.153 e. The number of aromatic nitrogens is 2. The summed E-state index contributed by atoms with van der Waals surface area (Å²) < 4.78 is 0. The Morgan fingerprint density at radius 2 is 1.44 bits per heavy atom. The van der Waals surface area contributed by atoms with Crippen LogP contribution in [-0.2, 0) is 5.33 Å². The molecule has 3 rings (SSSR count). The van der Waals surface area contributed by atoms with Gasteiger partial charge >= 0.3 is 0 Å². The van der Waals surface area contributed by atoms with Gasteiger partial charge in [-0.15, -0.1) is 5.10 Å². The van der Waals surface area contributed by atoms with Crippen molar-refractivity contribution in [1.29, 1.82) is 0 Å². The normalized spacial score (nSPS) is 10.7. The molecule has 0 aliphatic rings. The first-order chi connectivity index (χ1) is 8.90. The summed E-state index contributed by atoms with van der Waals surface area (Å²) in [5.74, 6) is 0. The Bertz CT molecular complexity index is 680. The number of nitrogens with zero attached hydrogens (tertiary/aromatic N) is 2. The summed E-state index contributed by atoms with van der Waals surface area (Å²) in [5, 5.41) is 11.7. The van der Waals surface area contributed by atoms with E-state index in [4.69, 9.17) is 0 Å². The molecule has 0 aliphatic heterocycles. The molecular weight excluding hydrogens is 288 g/mol. The molecule has 0 aliphatic carbocycles. The third-order valence-corrected chi connectivity index (χ3v) is 3.47. The Balaban J connectivity index is 2.32. The lowest BCUT2D eigenvalue weighted by Gasteiger charge is -2.07. The lowest BCUT2D eigenvalue weighted by atomic mass is 10.0. The number of fused-ring (bicyclic) bond motifs is 1. The van der Waals surface area contributed by atoms with Crippen molar-refractivity contribution in [2.75, 3.05) is 0 Å². The molecule has 18 heavy (non-hydrogen) atoms. The molecule has 0 spiro atoms. The van der Waals surface area contributed by atoms with E-state index < -0.39 is 0 Å². The summed E-state index contributed by atoms with van der Waals surface area (Å²) >= 11 is 3.46. The summed E-state index contributed by atoms with van der Waals surface area (Å²) in [6.07, 6.45) is 0. The van der Waals surface area contributed by atoms with Gasteiger partial charge in [-0.3, -0.25) is 0 Å². The Labute approximate surface area is 114 Å². The van der Waals surface area contributed by atoms with Crippen molar-refractivity contribution in [2.24, 2.45) is 0 Å². The SMILES string of the molecule is BrCc1nnc(-c2ccccc2)c2ccccc12. The maximum atomic E-state index is 4.37. The number of benzene rings is 2. The third-order valence-electron chi connectivity index (χ3n) is 2.94. The Hall–Kier alpha value is -1.74.